The Morgan fingerprint density at radius 3 is 2.25 bits per heavy atom. The van der Waals surface area contributed by atoms with E-state index in [9.17, 15) is 9.90 Å². The largest absolute Gasteiger partial charge is 0.392 e. The van der Waals surface area contributed by atoms with Crippen molar-refractivity contribution in [1.82, 2.24) is 25.5 Å². The summed E-state index contributed by atoms with van der Waals surface area (Å²) >= 11 is 1.55. The minimum Gasteiger partial charge on any atom is -0.392 e. The summed E-state index contributed by atoms with van der Waals surface area (Å²) in [7, 11) is 0. The second-order valence-electron chi connectivity index (χ2n) is 14.2. The van der Waals surface area contributed by atoms with Crippen molar-refractivity contribution in [3.8, 4) is 5.69 Å². The number of benzene rings is 3. The Morgan fingerprint density at radius 2 is 1.58 bits per heavy atom. The predicted molar refractivity (Wildman–Crippen MR) is 182 cm³/mol. The van der Waals surface area contributed by atoms with Gasteiger partial charge in [0.05, 0.1) is 24.5 Å². The number of aromatic nitrogens is 4. The molecule has 48 heavy (non-hydrogen) atoms. The molecule has 3 aromatic carbocycles. The molecule has 250 valence electrons. The number of para-hydroxylation sites is 1. The molecule has 10 nitrogen and oxygen atoms in total. The van der Waals surface area contributed by atoms with Crippen molar-refractivity contribution in [2.24, 2.45) is 23.7 Å². The van der Waals surface area contributed by atoms with Crippen molar-refractivity contribution in [3.63, 3.8) is 0 Å². The zero-order valence-corrected chi connectivity index (χ0v) is 27.9. The van der Waals surface area contributed by atoms with Crippen LogP contribution in [0.4, 0.5) is 10.5 Å². The molecule has 4 aliphatic carbocycles. The van der Waals surface area contributed by atoms with E-state index in [1.807, 2.05) is 78.9 Å². The molecule has 1 aromatic heterocycles. The highest BCUT2D eigenvalue weighted by atomic mass is 32.2. The summed E-state index contributed by atoms with van der Waals surface area (Å²) in [4.78, 5) is 13.2. The van der Waals surface area contributed by atoms with Crippen molar-refractivity contribution in [2.45, 2.75) is 81.2 Å². The first-order valence-electron chi connectivity index (χ1n) is 17.1. The van der Waals surface area contributed by atoms with Crippen molar-refractivity contribution < 1.29 is 19.4 Å². The zero-order chi connectivity index (χ0) is 32.7. The van der Waals surface area contributed by atoms with Crippen LogP contribution in [-0.4, -0.2) is 48.7 Å². The maximum atomic E-state index is 13.2. The minimum atomic E-state index is -0.616. The van der Waals surface area contributed by atoms with Crippen molar-refractivity contribution in [3.05, 3.63) is 95.6 Å². The molecule has 0 radical (unpaired) electrons. The number of nitrogens with one attached hydrogen (secondary N) is 2. The number of aliphatic hydroxyl groups is 1. The molecular weight excluding hydrogens is 625 g/mol. The lowest BCUT2D eigenvalue weighted by Crippen LogP contribution is -2.60. The number of amides is 2. The van der Waals surface area contributed by atoms with Gasteiger partial charge in [0.1, 0.15) is 0 Å². The van der Waals surface area contributed by atoms with Crippen LogP contribution < -0.4 is 10.6 Å². The van der Waals surface area contributed by atoms with E-state index in [1.165, 1.54) is 19.3 Å². The maximum Gasteiger partial charge on any atom is 0.319 e. The summed E-state index contributed by atoms with van der Waals surface area (Å²) in [6.07, 6.45) is 6.34. The van der Waals surface area contributed by atoms with E-state index in [2.05, 4.69) is 33.1 Å². The number of anilines is 1. The average Bonchev–Trinajstić information content (AvgIpc) is 3.56. The van der Waals surface area contributed by atoms with Crippen LogP contribution in [0, 0.1) is 23.7 Å². The van der Waals surface area contributed by atoms with Gasteiger partial charge in [-0.1, -0.05) is 73.3 Å². The number of nitrogens with zero attached hydrogens (tertiary/aromatic N) is 4. The van der Waals surface area contributed by atoms with Crippen LogP contribution in [0.25, 0.3) is 5.69 Å². The van der Waals surface area contributed by atoms with Gasteiger partial charge in [0.2, 0.25) is 5.16 Å². The Morgan fingerprint density at radius 1 is 0.917 bits per heavy atom. The fraction of sp³-hybridized carbons (Fsp3) is 0.459. The molecule has 2 amide bonds. The quantitative estimate of drug-likeness (QED) is 0.166. The van der Waals surface area contributed by atoms with Gasteiger partial charge >= 0.3 is 6.03 Å². The maximum absolute atomic E-state index is 13.2. The van der Waals surface area contributed by atoms with Gasteiger partial charge in [-0.05, 0) is 102 Å². The third kappa shape index (κ3) is 6.48. The van der Waals surface area contributed by atoms with Gasteiger partial charge in [-0.3, -0.25) is 0 Å². The van der Waals surface area contributed by atoms with Crippen LogP contribution >= 0.6 is 11.8 Å². The predicted octanol–water partition coefficient (Wildman–Crippen LogP) is 6.83. The fourth-order valence-corrected chi connectivity index (χ4v) is 9.91. The normalized spacial score (nSPS) is 30.7. The first-order chi connectivity index (χ1) is 23.4. The molecule has 5 fully saturated rings. The molecule has 2 heterocycles. The number of hydrogen-bond acceptors (Lipinski definition) is 8. The SMILES string of the molecule is CC1C(CSc2nnnn2-c2ccccc2)OC(c2ccc(NC(=O)NC34CC5CC(CC(C5)C3)C4)cc2)OC1c1ccc(CO)cc1. The third-order valence-electron chi connectivity index (χ3n) is 10.8. The zero-order valence-electron chi connectivity index (χ0n) is 27.1. The standard InChI is InChI=1S/C37H42N6O4S/c1-23-32(22-48-36-40-41-42-43(36)31-5-3-2-4-6-31)46-34(47-33(23)28-9-7-24(21-44)8-10-28)29-11-13-30(14-12-29)38-35(45)39-37-18-25-15-26(19-37)17-27(16-25)20-37/h2-14,23,25-27,32-34,44H,15-22H2,1H3,(H2,38,39,45). The number of carbonyl (C=O) groups is 1. The second kappa shape index (κ2) is 13.3. The van der Waals surface area contributed by atoms with E-state index < -0.39 is 6.29 Å². The van der Waals surface area contributed by atoms with E-state index in [1.54, 1.807) is 16.4 Å². The van der Waals surface area contributed by atoms with Gasteiger partial charge in [0.25, 0.3) is 0 Å². The summed E-state index contributed by atoms with van der Waals surface area (Å²) in [6, 6.07) is 25.4. The van der Waals surface area contributed by atoms with Gasteiger partial charge in [0, 0.05) is 28.5 Å². The third-order valence-corrected chi connectivity index (χ3v) is 11.8. The Hall–Kier alpha value is -3.77. The number of carbonyl (C=O) groups excluding carboxylic acids is 1. The fourth-order valence-electron chi connectivity index (χ4n) is 8.86. The molecule has 4 aromatic rings. The molecule has 9 rings (SSSR count). The first-order valence-corrected chi connectivity index (χ1v) is 18.1. The highest BCUT2D eigenvalue weighted by Gasteiger charge is 2.51. The molecule has 3 N–H and O–H groups in total. The number of rotatable bonds is 9. The Kier molecular flexibility index (Phi) is 8.71. The number of thioether (sulfide) groups is 1. The average molecular weight is 667 g/mol. The Bertz CT molecular complexity index is 1680. The van der Waals surface area contributed by atoms with E-state index in [0.29, 0.717) is 10.9 Å². The summed E-state index contributed by atoms with van der Waals surface area (Å²) in [5.41, 5.74) is 4.34. The molecule has 4 bridgehead atoms. The van der Waals surface area contributed by atoms with Gasteiger partial charge < -0.3 is 25.2 Å². The summed E-state index contributed by atoms with van der Waals surface area (Å²) in [5.74, 6) is 2.94. The molecule has 1 saturated heterocycles. The van der Waals surface area contributed by atoms with Crippen LogP contribution in [0.2, 0.25) is 0 Å². The van der Waals surface area contributed by atoms with Crippen LogP contribution in [-0.2, 0) is 16.1 Å². The molecule has 4 unspecified atom stereocenters. The van der Waals surface area contributed by atoms with E-state index in [0.717, 1.165) is 65.1 Å². The number of hydrogen-bond donors (Lipinski definition) is 3. The van der Waals surface area contributed by atoms with Crippen molar-refractivity contribution in [2.75, 3.05) is 11.1 Å². The molecule has 0 spiro atoms. The monoisotopic (exact) mass is 666 g/mol. The topological polar surface area (TPSA) is 123 Å². The van der Waals surface area contributed by atoms with Gasteiger partial charge in [0.15, 0.2) is 6.29 Å². The van der Waals surface area contributed by atoms with Crippen molar-refractivity contribution >= 4 is 23.5 Å². The summed E-state index contributed by atoms with van der Waals surface area (Å²) in [6.45, 7) is 2.13. The summed E-state index contributed by atoms with van der Waals surface area (Å²) < 4.78 is 15.0. The van der Waals surface area contributed by atoms with Crippen molar-refractivity contribution in [1.29, 1.82) is 0 Å². The molecule has 4 atom stereocenters. The lowest BCUT2D eigenvalue weighted by molar-refractivity contribution is -0.268. The van der Waals surface area contributed by atoms with Crippen LogP contribution in [0.5, 0.6) is 0 Å². The number of tetrazole rings is 1. The lowest BCUT2D eigenvalue weighted by Gasteiger charge is -2.56. The number of ether oxygens (including phenoxy) is 2. The lowest BCUT2D eigenvalue weighted by atomic mass is 9.53. The first kappa shape index (κ1) is 31.5. The molecular formula is C37H42N6O4S. The smallest absolute Gasteiger partial charge is 0.319 e. The minimum absolute atomic E-state index is 0.0105. The molecule has 1 aliphatic heterocycles. The van der Waals surface area contributed by atoms with Crippen LogP contribution in [0.3, 0.4) is 0 Å². The van der Waals surface area contributed by atoms with E-state index in [-0.39, 0.29) is 36.3 Å². The van der Waals surface area contributed by atoms with Gasteiger partial charge in [-0.25, -0.2) is 4.79 Å². The number of aliphatic hydroxyl groups excluding tert-OH is 1. The van der Waals surface area contributed by atoms with E-state index in [4.69, 9.17) is 9.47 Å². The van der Waals surface area contributed by atoms with Crippen LogP contribution in [0.15, 0.2) is 84.0 Å². The second-order valence-corrected chi connectivity index (χ2v) is 15.2. The summed E-state index contributed by atoms with van der Waals surface area (Å²) in [5, 5.41) is 29.2. The van der Waals surface area contributed by atoms with Gasteiger partial charge in [-0.2, -0.15) is 4.68 Å². The Labute approximate surface area is 285 Å². The van der Waals surface area contributed by atoms with Gasteiger partial charge in [-0.15, -0.1) is 5.10 Å². The Balaban J connectivity index is 0.971. The molecule has 4 saturated carbocycles. The van der Waals surface area contributed by atoms with Crippen LogP contribution in [0.1, 0.15) is 74.5 Å². The number of urea groups is 1. The molecule has 11 heteroatoms. The molecule has 5 aliphatic rings. The highest BCUT2D eigenvalue weighted by molar-refractivity contribution is 7.99. The van der Waals surface area contributed by atoms with E-state index >= 15 is 0 Å². The highest BCUT2D eigenvalue weighted by Crippen LogP contribution is 2.55.